The van der Waals surface area contributed by atoms with Gasteiger partial charge in [-0.3, -0.25) is 9.69 Å². The molecule has 2 aliphatic rings. The minimum Gasteiger partial charge on any atom is -0.490 e. The molecule has 2 aliphatic heterocycles. The van der Waals surface area contributed by atoms with Crippen molar-refractivity contribution in [1.29, 1.82) is 0 Å². The molecule has 0 aromatic heterocycles. The van der Waals surface area contributed by atoms with Gasteiger partial charge in [-0.05, 0) is 61.7 Å². The van der Waals surface area contributed by atoms with Crippen LogP contribution in [0.15, 0.2) is 42.5 Å². The molecule has 4 rings (SSSR count). The van der Waals surface area contributed by atoms with Gasteiger partial charge < -0.3 is 14.7 Å². The van der Waals surface area contributed by atoms with E-state index in [9.17, 15) is 23.1 Å². The summed E-state index contributed by atoms with van der Waals surface area (Å²) in [5, 5.41) is 10.6. The van der Waals surface area contributed by atoms with Gasteiger partial charge in [0.05, 0.1) is 28.3 Å². The first-order chi connectivity index (χ1) is 17.0. The Balaban J connectivity index is 1.50. The number of carbonyl (C=O) groups excluding carboxylic acids is 1. The predicted molar refractivity (Wildman–Crippen MR) is 132 cm³/mol. The third-order valence-corrected chi connectivity index (χ3v) is 7.85. The third-order valence-electron chi connectivity index (χ3n) is 7.11. The lowest BCUT2D eigenvalue weighted by molar-refractivity contribution is -0.137. The zero-order chi connectivity index (χ0) is 26.0. The summed E-state index contributed by atoms with van der Waals surface area (Å²) < 4.78 is 44.8. The Morgan fingerprint density at radius 3 is 2.36 bits per heavy atom. The number of alkyl halides is 3. The first-order valence-electron chi connectivity index (χ1n) is 12.0. The van der Waals surface area contributed by atoms with E-state index in [2.05, 4.69) is 4.90 Å². The summed E-state index contributed by atoms with van der Waals surface area (Å²) in [6.45, 7) is 4.41. The highest BCUT2D eigenvalue weighted by atomic mass is 35.5. The van der Waals surface area contributed by atoms with Crippen LogP contribution in [0, 0.1) is 5.92 Å². The molecule has 196 valence electrons. The summed E-state index contributed by atoms with van der Waals surface area (Å²) in [6.07, 6.45) is -3.81. The first kappa shape index (κ1) is 27.0. The van der Waals surface area contributed by atoms with E-state index in [1.54, 1.807) is 12.1 Å². The number of aliphatic hydroxyl groups excluding tert-OH is 1. The topological polar surface area (TPSA) is 53.0 Å². The van der Waals surface area contributed by atoms with Crippen LogP contribution in [0.1, 0.15) is 36.8 Å². The van der Waals surface area contributed by atoms with Gasteiger partial charge in [-0.15, -0.1) is 0 Å². The second-order valence-electron chi connectivity index (χ2n) is 9.60. The van der Waals surface area contributed by atoms with Crippen LogP contribution in [0.25, 0.3) is 0 Å². The van der Waals surface area contributed by atoms with Crippen molar-refractivity contribution < 1.29 is 27.8 Å². The highest BCUT2D eigenvalue weighted by molar-refractivity contribution is 6.42. The Labute approximate surface area is 218 Å². The number of nitrogens with zero attached hydrogens (tertiary/aromatic N) is 2. The first-order valence-corrected chi connectivity index (χ1v) is 12.7. The van der Waals surface area contributed by atoms with E-state index in [0.29, 0.717) is 54.8 Å². The van der Waals surface area contributed by atoms with Gasteiger partial charge in [0.15, 0.2) is 0 Å². The minimum atomic E-state index is -4.41. The normalized spacial score (nSPS) is 22.6. The number of likely N-dealkylation sites (tertiary alicyclic amines) is 2. The molecule has 0 aliphatic carbocycles. The van der Waals surface area contributed by atoms with Crippen molar-refractivity contribution in [2.75, 3.05) is 32.7 Å². The number of benzene rings is 2. The largest absolute Gasteiger partial charge is 0.490 e. The number of amides is 1. The lowest BCUT2D eigenvalue weighted by atomic mass is 9.85. The van der Waals surface area contributed by atoms with Crippen molar-refractivity contribution in [3.8, 4) is 5.75 Å². The van der Waals surface area contributed by atoms with Crippen LogP contribution in [-0.4, -0.2) is 65.7 Å². The maximum atomic E-state index is 13.2. The zero-order valence-corrected chi connectivity index (χ0v) is 21.4. The van der Waals surface area contributed by atoms with Crippen molar-refractivity contribution >= 4 is 29.1 Å². The highest BCUT2D eigenvalue weighted by Gasteiger charge is 2.40. The molecule has 36 heavy (non-hydrogen) atoms. The molecular formula is C26H29Cl2F3N2O3. The van der Waals surface area contributed by atoms with Crippen molar-refractivity contribution in [2.24, 2.45) is 5.92 Å². The molecule has 2 fully saturated rings. The number of hydrogen-bond acceptors (Lipinski definition) is 4. The molecule has 0 saturated carbocycles. The van der Waals surface area contributed by atoms with Crippen molar-refractivity contribution in [2.45, 2.75) is 44.1 Å². The fourth-order valence-electron chi connectivity index (χ4n) is 5.00. The van der Waals surface area contributed by atoms with Crippen LogP contribution in [0.4, 0.5) is 13.2 Å². The zero-order valence-electron chi connectivity index (χ0n) is 19.8. The fraction of sp³-hybridized carbons (Fsp3) is 0.500. The van der Waals surface area contributed by atoms with E-state index in [4.69, 9.17) is 27.9 Å². The van der Waals surface area contributed by atoms with Gasteiger partial charge in [0.1, 0.15) is 11.9 Å². The fourth-order valence-corrected chi connectivity index (χ4v) is 5.30. The lowest BCUT2D eigenvalue weighted by Crippen LogP contribution is -2.44. The van der Waals surface area contributed by atoms with Crippen LogP contribution in [0.2, 0.25) is 10.0 Å². The van der Waals surface area contributed by atoms with Crippen molar-refractivity contribution in [3.63, 3.8) is 0 Å². The molecule has 2 heterocycles. The number of halogens is 5. The molecule has 10 heteroatoms. The van der Waals surface area contributed by atoms with Crippen LogP contribution in [-0.2, 0) is 11.0 Å². The lowest BCUT2D eigenvalue weighted by Gasteiger charge is -2.30. The van der Waals surface area contributed by atoms with Gasteiger partial charge in [-0.2, -0.15) is 13.2 Å². The third kappa shape index (κ3) is 6.46. The highest BCUT2D eigenvalue weighted by Crippen LogP contribution is 2.39. The van der Waals surface area contributed by atoms with E-state index >= 15 is 0 Å². The summed E-state index contributed by atoms with van der Waals surface area (Å²) in [6, 6.07) is 10.0. The smallest absolute Gasteiger partial charge is 0.416 e. The maximum absolute atomic E-state index is 13.2. The Kier molecular flexibility index (Phi) is 8.39. The van der Waals surface area contributed by atoms with Crippen LogP contribution < -0.4 is 4.74 Å². The van der Waals surface area contributed by atoms with E-state index < -0.39 is 11.7 Å². The summed E-state index contributed by atoms with van der Waals surface area (Å²) in [5.41, 5.74) is 0.188. The number of rotatable bonds is 6. The van der Waals surface area contributed by atoms with Crippen molar-refractivity contribution in [1.82, 2.24) is 9.80 Å². The molecule has 2 saturated heterocycles. The molecule has 5 nitrogen and oxygen atoms in total. The number of ether oxygens (including phenoxy) is 1. The van der Waals surface area contributed by atoms with E-state index in [1.807, 2.05) is 17.9 Å². The predicted octanol–water partition coefficient (Wildman–Crippen LogP) is 5.48. The minimum absolute atomic E-state index is 0.000630. The van der Waals surface area contributed by atoms with Gasteiger partial charge >= 0.3 is 6.18 Å². The Morgan fingerprint density at radius 2 is 1.75 bits per heavy atom. The second kappa shape index (κ2) is 11.2. The molecule has 2 aromatic carbocycles. The maximum Gasteiger partial charge on any atom is 0.416 e. The average Bonchev–Trinajstić information content (AvgIpc) is 3.28. The molecule has 0 radical (unpaired) electrons. The number of hydrogen-bond donors (Lipinski definition) is 1. The molecule has 0 unspecified atom stereocenters. The van der Waals surface area contributed by atoms with Crippen LogP contribution in [0.3, 0.4) is 0 Å². The van der Waals surface area contributed by atoms with Gasteiger partial charge in [0.2, 0.25) is 5.91 Å². The Bertz CT molecular complexity index is 1060. The summed E-state index contributed by atoms with van der Waals surface area (Å²) in [5.74, 6) is 0.133. The molecule has 1 N–H and O–H groups in total. The quantitative estimate of drug-likeness (QED) is 0.523. The van der Waals surface area contributed by atoms with Gasteiger partial charge in [-0.1, -0.05) is 29.3 Å². The number of aliphatic hydroxyl groups is 1. The molecule has 3 atom stereocenters. The average molecular weight is 545 g/mol. The van der Waals surface area contributed by atoms with Gasteiger partial charge in [0, 0.05) is 38.0 Å². The number of carbonyl (C=O) groups is 1. The Hall–Kier alpha value is -2.00. The summed E-state index contributed by atoms with van der Waals surface area (Å²) >= 11 is 12.4. The molecule has 2 aromatic rings. The van der Waals surface area contributed by atoms with E-state index in [1.165, 1.54) is 12.1 Å². The monoisotopic (exact) mass is 544 g/mol. The second-order valence-corrected chi connectivity index (χ2v) is 10.4. The van der Waals surface area contributed by atoms with Gasteiger partial charge in [-0.25, -0.2) is 0 Å². The molecule has 1 amide bonds. The molecule has 0 bridgehead atoms. The molecular weight excluding hydrogens is 516 g/mol. The van der Waals surface area contributed by atoms with Crippen LogP contribution >= 0.6 is 23.2 Å². The van der Waals surface area contributed by atoms with Crippen LogP contribution in [0.5, 0.6) is 5.75 Å². The van der Waals surface area contributed by atoms with Gasteiger partial charge in [0.25, 0.3) is 0 Å². The van der Waals surface area contributed by atoms with E-state index in [0.717, 1.165) is 17.7 Å². The van der Waals surface area contributed by atoms with Crippen molar-refractivity contribution in [3.05, 3.63) is 63.6 Å². The van der Waals surface area contributed by atoms with E-state index in [-0.39, 0.29) is 36.5 Å². The Morgan fingerprint density at radius 1 is 1.08 bits per heavy atom. The summed E-state index contributed by atoms with van der Waals surface area (Å²) in [7, 11) is 0. The standard InChI is InChI=1S/C26H29Cl2F3N2O3/c1-16(36-20-5-3-18(4-6-20)26(29,30)31)21-13-33(25(35)15-32-10-8-19(34)9-11-32)14-22(21)17-2-7-23(27)24(28)12-17/h2-7,12,16,19,21-22,34H,8-11,13-15H2,1H3/t16-,21+,22+/m1/s1. The summed E-state index contributed by atoms with van der Waals surface area (Å²) in [4.78, 5) is 17.0. The number of piperidine rings is 1. The SMILES string of the molecule is C[C@@H](Oc1ccc(C(F)(F)F)cc1)[C@@H]1CN(C(=O)CN2CCC(O)CC2)C[C@H]1c1ccc(Cl)c(Cl)c1. The molecule has 0 spiro atoms.